The number of hydrogen-bond donors (Lipinski definition) is 6. The molecule has 1 aromatic carbocycles. The molecular formula is C28H32N12O11S. The summed E-state index contributed by atoms with van der Waals surface area (Å²) in [7, 11) is -4.48. The number of aromatic nitrogens is 8. The monoisotopic (exact) mass is 744 g/mol. The largest absolute Gasteiger partial charge is 0.394 e. The van der Waals surface area contributed by atoms with Gasteiger partial charge in [0.2, 0.25) is 10.0 Å². The molecule has 4 aromatic heterocycles. The lowest BCUT2D eigenvalue weighted by Gasteiger charge is -2.28. The van der Waals surface area contributed by atoms with Crippen LogP contribution in [0.2, 0.25) is 0 Å². The topological polar surface area (TPSA) is 328 Å². The van der Waals surface area contributed by atoms with Gasteiger partial charge in [-0.25, -0.2) is 38.3 Å². The van der Waals surface area contributed by atoms with Gasteiger partial charge in [0.1, 0.15) is 60.3 Å². The van der Waals surface area contributed by atoms with Crippen molar-refractivity contribution < 1.29 is 48.0 Å². The molecule has 2 aliphatic heterocycles. The minimum atomic E-state index is -4.48. The Bertz CT molecular complexity index is 2200. The summed E-state index contributed by atoms with van der Waals surface area (Å²) in [5.74, 6) is 0.158. The van der Waals surface area contributed by atoms with Crippen LogP contribution >= 0.6 is 0 Å². The number of nitrogens with two attached hydrogens (primary N) is 2. The zero-order valence-corrected chi connectivity index (χ0v) is 27.6. The first-order valence-electron chi connectivity index (χ1n) is 15.6. The fourth-order valence-electron chi connectivity index (χ4n) is 6.19. The lowest BCUT2D eigenvalue weighted by atomic mass is 10.1. The molecule has 6 heterocycles. The van der Waals surface area contributed by atoms with E-state index >= 15 is 0 Å². The maximum Gasteiger partial charge on any atom is 0.269 e. The Morgan fingerprint density at radius 1 is 0.846 bits per heavy atom. The molecule has 0 unspecified atom stereocenters. The summed E-state index contributed by atoms with van der Waals surface area (Å²) in [4.78, 5) is 34.7. The van der Waals surface area contributed by atoms with Gasteiger partial charge in [0.05, 0.1) is 35.7 Å². The van der Waals surface area contributed by atoms with Crippen LogP contribution in [0.1, 0.15) is 12.5 Å². The number of nitro benzene ring substituents is 1. The number of aliphatic hydroxyl groups excluding tert-OH is 4. The van der Waals surface area contributed by atoms with Crippen LogP contribution in [0, 0.1) is 10.1 Å². The molecule has 2 aliphatic rings. The number of nitrogens with zero attached hydrogens (tertiary/aromatic N) is 10. The number of ether oxygens (including phenoxy) is 3. The Kier molecular flexibility index (Phi) is 9.40. The van der Waals surface area contributed by atoms with Gasteiger partial charge in [0.15, 0.2) is 35.4 Å². The highest BCUT2D eigenvalue weighted by atomic mass is 32.2. The molecule has 0 amide bonds. The smallest absolute Gasteiger partial charge is 0.269 e. The van der Waals surface area contributed by atoms with E-state index in [1.54, 1.807) is 0 Å². The Labute approximate surface area is 292 Å². The fourth-order valence-corrected chi connectivity index (χ4v) is 7.62. The first-order chi connectivity index (χ1) is 24.9. The average molecular weight is 745 g/mol. The first kappa shape index (κ1) is 35.4. The standard InChI is InChI=1S/C28H32N12O11S/c29-23-17-25(33-9-31-23)38(11-35-17)27-21(44)19(42)15(50-27)7-37(52(47,48)14-3-1-13(2-4-14)40(45)46)5-6-49-22-20(43)16(8-41)51-28(22)39-12-36-18-24(30)32-10-34-26(18)39/h1-4,9-12,15-16,19-22,27-28,41-44H,5-8H2,(H2,29,31,33)(H2,30,32,34)/t15-,16-,19-,20-,21-,22-,27-,28-/m1/s1. The SMILES string of the molecule is Nc1ncnc2c1ncn2[C@@H]1O[C@H](CN(CCO[C@@H]2[C@H](O)[C@@H](CO)O[C@H]2n2cnc3c(N)ncnc32)S(=O)(=O)c2ccc([N+](=O)[O-])cc2)[C@@H](O)[C@H]1O. The molecule has 23 nitrogen and oxygen atoms in total. The lowest BCUT2D eigenvalue weighted by Crippen LogP contribution is -2.45. The van der Waals surface area contributed by atoms with E-state index in [1.807, 2.05) is 0 Å². The van der Waals surface area contributed by atoms with E-state index in [1.165, 1.54) is 34.4 Å². The number of hydrogen-bond acceptors (Lipinski definition) is 19. The third-order valence-corrected chi connectivity index (χ3v) is 10.8. The van der Waals surface area contributed by atoms with Crippen molar-refractivity contribution in [3.05, 3.63) is 59.7 Å². The fraction of sp³-hybridized carbons (Fsp3) is 0.429. The Hall–Kier alpha value is -5.05. The highest BCUT2D eigenvalue weighted by molar-refractivity contribution is 7.89. The van der Waals surface area contributed by atoms with Crippen LogP contribution in [0.3, 0.4) is 0 Å². The molecule has 52 heavy (non-hydrogen) atoms. The second kappa shape index (κ2) is 13.8. The zero-order chi connectivity index (χ0) is 36.9. The number of rotatable bonds is 12. The molecule has 8 N–H and O–H groups in total. The van der Waals surface area contributed by atoms with Crippen molar-refractivity contribution in [3.63, 3.8) is 0 Å². The number of anilines is 2. The summed E-state index contributed by atoms with van der Waals surface area (Å²) in [6.45, 7) is -1.90. The molecule has 2 fully saturated rings. The van der Waals surface area contributed by atoms with Crippen LogP contribution in [0.25, 0.3) is 22.3 Å². The highest BCUT2D eigenvalue weighted by Crippen LogP contribution is 2.35. The van der Waals surface area contributed by atoms with Crippen molar-refractivity contribution in [1.82, 2.24) is 43.3 Å². The molecule has 0 bridgehead atoms. The van der Waals surface area contributed by atoms with E-state index in [9.17, 15) is 39.0 Å². The summed E-state index contributed by atoms with van der Waals surface area (Å²) in [5, 5.41) is 54.2. The number of imidazole rings is 2. The maximum absolute atomic E-state index is 14.0. The number of sulfonamides is 1. The summed E-state index contributed by atoms with van der Waals surface area (Å²) >= 11 is 0. The quantitative estimate of drug-likeness (QED) is 0.0577. The Morgan fingerprint density at radius 3 is 2.00 bits per heavy atom. The minimum absolute atomic E-state index is 0.0673. The maximum atomic E-state index is 14.0. The van der Waals surface area contributed by atoms with E-state index in [2.05, 4.69) is 29.9 Å². The van der Waals surface area contributed by atoms with Crippen molar-refractivity contribution in [3.8, 4) is 0 Å². The van der Waals surface area contributed by atoms with Crippen LogP contribution in [-0.2, 0) is 24.2 Å². The number of nitrogen functional groups attached to an aromatic ring is 2. The lowest BCUT2D eigenvalue weighted by molar-refractivity contribution is -0.384. The number of nitro groups is 1. The van der Waals surface area contributed by atoms with Crippen molar-refractivity contribution in [1.29, 1.82) is 0 Å². The van der Waals surface area contributed by atoms with E-state index in [-0.39, 0.29) is 51.2 Å². The Morgan fingerprint density at radius 2 is 1.42 bits per heavy atom. The van der Waals surface area contributed by atoms with Crippen LogP contribution in [0.5, 0.6) is 0 Å². The van der Waals surface area contributed by atoms with Gasteiger partial charge in [-0.15, -0.1) is 0 Å². The van der Waals surface area contributed by atoms with Crippen molar-refractivity contribution >= 4 is 49.7 Å². The number of benzene rings is 1. The molecule has 0 spiro atoms. The number of fused-ring (bicyclic) bond motifs is 2. The number of aliphatic hydroxyl groups is 4. The molecular weight excluding hydrogens is 712 g/mol. The van der Waals surface area contributed by atoms with Crippen molar-refractivity contribution in [2.75, 3.05) is 37.8 Å². The summed E-state index contributed by atoms with van der Waals surface area (Å²) in [6, 6.07) is 4.16. The highest BCUT2D eigenvalue weighted by Gasteiger charge is 2.48. The molecule has 0 aliphatic carbocycles. The summed E-state index contributed by atoms with van der Waals surface area (Å²) < 4.78 is 49.7. The van der Waals surface area contributed by atoms with Crippen molar-refractivity contribution in [2.45, 2.75) is 54.0 Å². The second-order valence-corrected chi connectivity index (χ2v) is 13.8. The van der Waals surface area contributed by atoms with Crippen LogP contribution in [0.15, 0.2) is 54.5 Å². The third-order valence-electron chi connectivity index (χ3n) is 8.87. The second-order valence-electron chi connectivity index (χ2n) is 11.9. The van der Waals surface area contributed by atoms with E-state index in [4.69, 9.17) is 25.7 Å². The van der Waals surface area contributed by atoms with Crippen molar-refractivity contribution in [2.24, 2.45) is 0 Å². The molecule has 0 saturated carbocycles. The zero-order valence-electron chi connectivity index (χ0n) is 26.7. The van der Waals surface area contributed by atoms with Gasteiger partial charge < -0.3 is 46.1 Å². The van der Waals surface area contributed by atoms with Gasteiger partial charge in [-0.3, -0.25) is 19.2 Å². The van der Waals surface area contributed by atoms with Gasteiger partial charge in [-0.1, -0.05) is 0 Å². The van der Waals surface area contributed by atoms with E-state index in [0.717, 1.165) is 28.6 Å². The Balaban J connectivity index is 1.15. The normalized spacial score (nSPS) is 26.6. The average Bonchev–Trinajstić information content (AvgIpc) is 3.90. The molecule has 0 radical (unpaired) electrons. The molecule has 24 heteroatoms. The first-order valence-corrected chi connectivity index (χ1v) is 17.0. The van der Waals surface area contributed by atoms with E-state index < -0.39 is 83.7 Å². The predicted molar refractivity (Wildman–Crippen MR) is 174 cm³/mol. The predicted octanol–water partition coefficient (Wildman–Crippen LogP) is -2.32. The molecule has 5 aromatic rings. The molecule has 8 atom stereocenters. The number of non-ortho nitro benzene ring substituents is 1. The van der Waals surface area contributed by atoms with Gasteiger partial charge >= 0.3 is 0 Å². The molecule has 276 valence electrons. The van der Waals surface area contributed by atoms with E-state index in [0.29, 0.717) is 0 Å². The van der Waals surface area contributed by atoms with Crippen LogP contribution in [-0.4, -0.2) is 140 Å². The van der Waals surface area contributed by atoms with Crippen LogP contribution in [0.4, 0.5) is 17.3 Å². The summed E-state index contributed by atoms with van der Waals surface area (Å²) in [6.07, 6.45) is -5.48. The van der Waals surface area contributed by atoms with Gasteiger partial charge in [0, 0.05) is 25.2 Å². The van der Waals surface area contributed by atoms with Gasteiger partial charge in [-0.05, 0) is 12.1 Å². The molecule has 7 rings (SSSR count). The minimum Gasteiger partial charge on any atom is -0.394 e. The van der Waals surface area contributed by atoms with Gasteiger partial charge in [0.25, 0.3) is 5.69 Å². The van der Waals surface area contributed by atoms with Crippen LogP contribution < -0.4 is 11.5 Å². The molecule has 2 saturated heterocycles. The summed E-state index contributed by atoms with van der Waals surface area (Å²) in [5.41, 5.74) is 12.4. The third kappa shape index (κ3) is 6.14. The van der Waals surface area contributed by atoms with Gasteiger partial charge in [-0.2, -0.15) is 4.31 Å².